The van der Waals surface area contributed by atoms with Crippen LogP contribution in [0.1, 0.15) is 17.2 Å². The summed E-state index contributed by atoms with van der Waals surface area (Å²) in [4.78, 5) is 10.9. The molecule has 4 N–H and O–H groups in total. The number of aryl methyl sites for hydroxylation is 1. The van der Waals surface area contributed by atoms with E-state index in [9.17, 15) is 4.79 Å². The summed E-state index contributed by atoms with van der Waals surface area (Å²) in [6.07, 6.45) is 0. The first-order valence-corrected chi connectivity index (χ1v) is 4.74. The summed E-state index contributed by atoms with van der Waals surface area (Å²) < 4.78 is 5.03. The lowest BCUT2D eigenvalue weighted by Gasteiger charge is -2.13. The lowest BCUT2D eigenvalue weighted by Crippen LogP contribution is -2.28. The van der Waals surface area contributed by atoms with Gasteiger partial charge in [-0.2, -0.15) is 0 Å². The van der Waals surface area contributed by atoms with E-state index in [2.05, 4.69) is 0 Å². The van der Waals surface area contributed by atoms with Gasteiger partial charge in [-0.05, 0) is 30.2 Å². The second-order valence-corrected chi connectivity index (χ2v) is 3.63. The van der Waals surface area contributed by atoms with Crippen molar-refractivity contribution in [2.24, 2.45) is 11.5 Å². The Morgan fingerprint density at radius 1 is 1.53 bits per heavy atom. The van der Waals surface area contributed by atoms with Crippen LogP contribution in [0, 0.1) is 6.92 Å². The Hall–Kier alpha value is -1.26. The van der Waals surface area contributed by atoms with E-state index in [0.29, 0.717) is 16.3 Å². The predicted octanol–water partition coefficient (Wildman–Crippen LogP) is 1.14. The Morgan fingerprint density at radius 3 is 2.60 bits per heavy atom. The van der Waals surface area contributed by atoms with Crippen LogP contribution < -0.4 is 16.2 Å². The molecule has 0 saturated heterocycles. The number of methoxy groups -OCH3 is 1. The first-order valence-electron chi connectivity index (χ1n) is 4.36. The summed E-state index contributed by atoms with van der Waals surface area (Å²) >= 11 is 5.92. The highest BCUT2D eigenvalue weighted by Crippen LogP contribution is 2.29. The molecule has 0 fully saturated rings. The van der Waals surface area contributed by atoms with Crippen molar-refractivity contribution < 1.29 is 9.53 Å². The third kappa shape index (κ3) is 2.40. The number of amides is 1. The second kappa shape index (κ2) is 4.51. The van der Waals surface area contributed by atoms with Crippen LogP contribution in [0.5, 0.6) is 5.75 Å². The van der Waals surface area contributed by atoms with E-state index in [4.69, 9.17) is 27.8 Å². The van der Waals surface area contributed by atoms with Crippen molar-refractivity contribution in [1.82, 2.24) is 0 Å². The van der Waals surface area contributed by atoms with Gasteiger partial charge in [0.1, 0.15) is 11.8 Å². The lowest BCUT2D eigenvalue weighted by atomic mass is 10.0. The molecule has 1 amide bonds. The fraction of sp³-hybridized carbons (Fsp3) is 0.300. The molecule has 0 bridgehead atoms. The van der Waals surface area contributed by atoms with Crippen LogP contribution in [0.15, 0.2) is 12.1 Å². The number of hydrogen-bond donors (Lipinski definition) is 2. The molecule has 0 aliphatic carbocycles. The SMILES string of the molecule is COc1cc(C)c(C(N)C(N)=O)cc1Cl. The zero-order valence-electron chi connectivity index (χ0n) is 8.58. The molecule has 0 radical (unpaired) electrons. The molecule has 1 rings (SSSR count). The molecule has 0 spiro atoms. The molecular formula is C10H13ClN2O2. The van der Waals surface area contributed by atoms with E-state index in [1.165, 1.54) is 7.11 Å². The van der Waals surface area contributed by atoms with Crippen LogP contribution >= 0.6 is 11.6 Å². The molecule has 0 heterocycles. The number of carbonyl (C=O) groups excluding carboxylic acids is 1. The van der Waals surface area contributed by atoms with Crippen LogP contribution in [0.25, 0.3) is 0 Å². The van der Waals surface area contributed by atoms with Crippen LogP contribution in [0.2, 0.25) is 5.02 Å². The Kier molecular flexibility index (Phi) is 3.55. The highest BCUT2D eigenvalue weighted by atomic mass is 35.5. The summed E-state index contributed by atoms with van der Waals surface area (Å²) in [6.45, 7) is 1.82. The maximum atomic E-state index is 10.9. The van der Waals surface area contributed by atoms with Gasteiger partial charge in [-0.1, -0.05) is 11.6 Å². The fourth-order valence-corrected chi connectivity index (χ4v) is 1.56. The van der Waals surface area contributed by atoms with Crippen molar-refractivity contribution in [1.29, 1.82) is 0 Å². The molecule has 1 unspecified atom stereocenters. The quantitative estimate of drug-likeness (QED) is 0.815. The van der Waals surface area contributed by atoms with E-state index < -0.39 is 11.9 Å². The number of hydrogen-bond acceptors (Lipinski definition) is 3. The van der Waals surface area contributed by atoms with E-state index in [1.54, 1.807) is 12.1 Å². The third-order valence-electron chi connectivity index (χ3n) is 2.18. The van der Waals surface area contributed by atoms with Gasteiger partial charge in [0.2, 0.25) is 5.91 Å². The molecule has 15 heavy (non-hydrogen) atoms. The van der Waals surface area contributed by atoms with Gasteiger partial charge >= 0.3 is 0 Å². The van der Waals surface area contributed by atoms with Crippen LogP contribution in [0.4, 0.5) is 0 Å². The lowest BCUT2D eigenvalue weighted by molar-refractivity contribution is -0.119. The Balaban J connectivity index is 3.21. The molecule has 82 valence electrons. The minimum atomic E-state index is -0.839. The van der Waals surface area contributed by atoms with Gasteiger partial charge in [0, 0.05) is 0 Å². The zero-order chi connectivity index (χ0) is 11.6. The van der Waals surface area contributed by atoms with Gasteiger partial charge in [0.15, 0.2) is 0 Å². The highest BCUT2D eigenvalue weighted by molar-refractivity contribution is 6.32. The first-order chi connectivity index (χ1) is 6.97. The van der Waals surface area contributed by atoms with Crippen molar-refractivity contribution in [2.45, 2.75) is 13.0 Å². The molecule has 0 aliphatic heterocycles. The number of nitrogens with two attached hydrogens (primary N) is 2. The van der Waals surface area contributed by atoms with Crippen LogP contribution in [0.3, 0.4) is 0 Å². The van der Waals surface area contributed by atoms with Crippen molar-refractivity contribution in [2.75, 3.05) is 7.11 Å². The van der Waals surface area contributed by atoms with Crippen molar-refractivity contribution in [3.8, 4) is 5.75 Å². The summed E-state index contributed by atoms with van der Waals surface area (Å²) in [6, 6.07) is 2.49. The molecular weight excluding hydrogens is 216 g/mol. The van der Waals surface area contributed by atoms with Crippen molar-refractivity contribution >= 4 is 17.5 Å². The van der Waals surface area contributed by atoms with E-state index in [1.807, 2.05) is 6.92 Å². The van der Waals surface area contributed by atoms with Gasteiger partial charge in [0.05, 0.1) is 12.1 Å². The smallest absolute Gasteiger partial charge is 0.238 e. The number of ether oxygens (including phenoxy) is 1. The fourth-order valence-electron chi connectivity index (χ4n) is 1.32. The summed E-state index contributed by atoms with van der Waals surface area (Å²) in [5.74, 6) is -0.0334. The summed E-state index contributed by atoms with van der Waals surface area (Å²) in [5, 5.41) is 0.412. The Labute approximate surface area is 93.1 Å². The maximum Gasteiger partial charge on any atom is 0.238 e. The number of rotatable bonds is 3. The van der Waals surface area contributed by atoms with E-state index in [-0.39, 0.29) is 0 Å². The minimum absolute atomic E-state index is 0.412. The Morgan fingerprint density at radius 2 is 2.13 bits per heavy atom. The van der Waals surface area contributed by atoms with Crippen molar-refractivity contribution in [3.05, 3.63) is 28.3 Å². The Bertz CT molecular complexity index is 393. The molecule has 1 atom stereocenters. The molecule has 4 nitrogen and oxygen atoms in total. The van der Waals surface area contributed by atoms with Gasteiger partial charge in [0.25, 0.3) is 0 Å². The highest BCUT2D eigenvalue weighted by Gasteiger charge is 2.16. The zero-order valence-corrected chi connectivity index (χ0v) is 9.34. The van der Waals surface area contributed by atoms with Crippen LogP contribution in [-0.4, -0.2) is 13.0 Å². The maximum absolute atomic E-state index is 10.9. The standard InChI is InChI=1S/C10H13ClN2O2/c1-5-3-8(15-2)7(11)4-6(5)9(12)10(13)14/h3-4,9H,12H2,1-2H3,(H2,13,14). The summed E-state index contributed by atoms with van der Waals surface area (Å²) in [7, 11) is 1.52. The molecule has 0 saturated carbocycles. The van der Waals surface area contributed by atoms with Gasteiger partial charge in [-0.25, -0.2) is 0 Å². The molecule has 0 aliphatic rings. The number of benzene rings is 1. The number of halogens is 1. The average molecular weight is 229 g/mol. The molecule has 0 aromatic heterocycles. The second-order valence-electron chi connectivity index (χ2n) is 3.22. The molecule has 1 aromatic carbocycles. The summed E-state index contributed by atoms with van der Waals surface area (Å²) in [5.41, 5.74) is 12.2. The average Bonchev–Trinajstić information content (AvgIpc) is 2.19. The molecule has 5 heteroatoms. The van der Waals surface area contributed by atoms with E-state index >= 15 is 0 Å². The number of primary amides is 1. The minimum Gasteiger partial charge on any atom is -0.495 e. The van der Waals surface area contributed by atoms with Crippen molar-refractivity contribution in [3.63, 3.8) is 0 Å². The number of carbonyl (C=O) groups is 1. The van der Waals surface area contributed by atoms with E-state index in [0.717, 1.165) is 5.56 Å². The normalized spacial score (nSPS) is 12.3. The molecule has 1 aromatic rings. The third-order valence-corrected chi connectivity index (χ3v) is 2.48. The van der Waals surface area contributed by atoms with Crippen LogP contribution in [-0.2, 0) is 4.79 Å². The largest absolute Gasteiger partial charge is 0.495 e. The van der Waals surface area contributed by atoms with Gasteiger partial charge in [-0.3, -0.25) is 4.79 Å². The monoisotopic (exact) mass is 228 g/mol. The predicted molar refractivity (Wildman–Crippen MR) is 58.9 cm³/mol. The topological polar surface area (TPSA) is 78.3 Å². The first kappa shape index (κ1) is 11.8. The van der Waals surface area contributed by atoms with Gasteiger partial charge in [-0.15, -0.1) is 0 Å². The van der Waals surface area contributed by atoms with Gasteiger partial charge < -0.3 is 16.2 Å².